The summed E-state index contributed by atoms with van der Waals surface area (Å²) >= 11 is 0. The molecule has 6 bridgehead atoms. The first-order valence-corrected chi connectivity index (χ1v) is 18.2. The van der Waals surface area contributed by atoms with Crippen LogP contribution in [-0.4, -0.2) is 0 Å². The van der Waals surface area contributed by atoms with Crippen molar-refractivity contribution in [3.05, 3.63) is 224 Å². The van der Waals surface area contributed by atoms with Crippen LogP contribution in [0.4, 0.5) is 0 Å². The number of rotatable bonds is 0. The smallest absolute Gasteiger partial charge is 0.0311 e. The van der Waals surface area contributed by atoms with E-state index in [1.807, 2.05) is 11.1 Å². The zero-order valence-corrected chi connectivity index (χ0v) is 26.6. The largest absolute Gasteiger partial charge is 0.0620 e. The molecule has 4 atom stereocenters. The van der Waals surface area contributed by atoms with Crippen molar-refractivity contribution in [3.63, 3.8) is 0 Å². The summed E-state index contributed by atoms with van der Waals surface area (Å²) in [5, 5.41) is 0. The fourth-order valence-electron chi connectivity index (χ4n) is 13.3. The summed E-state index contributed by atoms with van der Waals surface area (Å²) in [6.07, 6.45) is 0. The van der Waals surface area contributed by atoms with Gasteiger partial charge in [0.1, 0.15) is 0 Å². The van der Waals surface area contributed by atoms with Crippen LogP contribution in [0.3, 0.4) is 0 Å². The van der Waals surface area contributed by atoms with Crippen LogP contribution in [0.5, 0.6) is 0 Å². The summed E-state index contributed by atoms with van der Waals surface area (Å²) in [6.45, 7) is 0. The van der Waals surface area contributed by atoms with Crippen LogP contribution >= 0.6 is 0 Å². The minimum absolute atomic E-state index is 0.329. The van der Waals surface area contributed by atoms with E-state index in [0.29, 0.717) is 59.2 Å². The third kappa shape index (κ3) is 2.67. The van der Waals surface area contributed by atoms with Crippen LogP contribution in [0.15, 0.2) is 157 Å². The molecule has 6 aromatic rings. The van der Waals surface area contributed by atoms with Crippen molar-refractivity contribution in [2.75, 3.05) is 0 Å². The zero-order chi connectivity index (χ0) is 30.8. The molecule has 0 saturated carbocycles. The van der Waals surface area contributed by atoms with Gasteiger partial charge < -0.3 is 0 Å². The Morgan fingerprint density at radius 1 is 0.229 bits per heavy atom. The van der Waals surface area contributed by atoms with Gasteiger partial charge in [0.05, 0.1) is 0 Å². The van der Waals surface area contributed by atoms with Crippen molar-refractivity contribution in [2.24, 2.45) is 23.7 Å². The molecule has 16 rings (SSSR count). The normalized spacial score (nSPS) is 32.5. The maximum absolute atomic E-state index is 2.50. The van der Waals surface area contributed by atoms with E-state index < -0.39 is 0 Å². The first kappa shape index (κ1) is 25.1. The van der Waals surface area contributed by atoms with Gasteiger partial charge in [-0.1, -0.05) is 157 Å². The van der Waals surface area contributed by atoms with Crippen LogP contribution in [0.1, 0.15) is 102 Å². The van der Waals surface area contributed by atoms with Crippen molar-refractivity contribution in [1.29, 1.82) is 0 Å². The Bertz CT molecular complexity index is 2130. The lowest BCUT2D eigenvalue weighted by Gasteiger charge is -2.67. The molecule has 0 aromatic heterocycles. The van der Waals surface area contributed by atoms with Crippen LogP contribution in [0, 0.1) is 23.7 Å². The topological polar surface area (TPSA) is 0 Å². The molecule has 0 spiro atoms. The van der Waals surface area contributed by atoms with E-state index in [4.69, 9.17) is 0 Å². The fourth-order valence-corrected chi connectivity index (χ4v) is 13.3. The quantitative estimate of drug-likeness (QED) is 0.150. The van der Waals surface area contributed by atoms with E-state index in [9.17, 15) is 0 Å². The SMILES string of the molecule is c1ccc2c(c1)C1C3=C4C5c6ccccc6C(c6ccccc65)[C@H]4[C@@H]4C5c6ccccc6C(c6ccccc65)[C@@H]4[C@H]3C2c2ccccc21. The molecular weight excluding hydrogens is 577 g/mol. The molecule has 10 aliphatic carbocycles. The van der Waals surface area contributed by atoms with E-state index in [1.165, 1.54) is 0 Å². The first-order valence-electron chi connectivity index (χ1n) is 18.2. The fraction of sp³-hybridized carbons (Fsp3) is 0.208. The molecule has 0 N–H and O–H groups in total. The van der Waals surface area contributed by atoms with E-state index in [0.717, 1.165) is 0 Å². The molecule has 0 amide bonds. The third-order valence-electron chi connectivity index (χ3n) is 14.3. The molecule has 0 unspecified atom stereocenters. The Labute approximate surface area is 281 Å². The Kier molecular flexibility index (Phi) is 4.48. The molecule has 0 radical (unpaired) electrons. The van der Waals surface area contributed by atoms with E-state index >= 15 is 0 Å². The summed E-state index contributed by atoms with van der Waals surface area (Å²) in [5.41, 5.74) is 22.7. The van der Waals surface area contributed by atoms with Crippen LogP contribution in [0.25, 0.3) is 0 Å². The van der Waals surface area contributed by atoms with Crippen molar-refractivity contribution >= 4 is 0 Å². The Balaban J connectivity index is 1.22. The van der Waals surface area contributed by atoms with Gasteiger partial charge in [0, 0.05) is 35.5 Å². The van der Waals surface area contributed by atoms with Crippen molar-refractivity contribution in [1.82, 2.24) is 0 Å². The number of allylic oxidation sites excluding steroid dienone is 2. The van der Waals surface area contributed by atoms with Gasteiger partial charge in [-0.15, -0.1) is 0 Å². The maximum atomic E-state index is 2.50. The maximum Gasteiger partial charge on any atom is 0.0311 e. The lowest BCUT2D eigenvalue weighted by Crippen LogP contribution is -2.57. The van der Waals surface area contributed by atoms with Gasteiger partial charge >= 0.3 is 0 Å². The molecule has 6 aromatic carbocycles. The standard InChI is InChI=1S/C48H34/c1-2-14-26-25(13-1)37-27-15-3-4-16-28(27)38(26)44-43(37)45-39-29-17-5-7-19-31(29)41(32-20-8-6-18-30(32)39)47(45)48-42-35-23-11-9-21-33(35)40(46(44)48)34-22-10-12-24-36(34)42/h1-24,37-46H/t37?,38?,39?,40?,41?,42?,43-,44+,45+,46-. The summed E-state index contributed by atoms with van der Waals surface area (Å²) in [6, 6.07) is 57.6. The molecule has 0 nitrogen and oxygen atoms in total. The second-order valence-corrected chi connectivity index (χ2v) is 15.7. The first-order chi connectivity index (χ1) is 23.9. The van der Waals surface area contributed by atoms with Crippen molar-refractivity contribution < 1.29 is 0 Å². The molecule has 0 fully saturated rings. The molecule has 0 saturated heterocycles. The lowest BCUT2D eigenvalue weighted by molar-refractivity contribution is 0.0741. The molecule has 0 aliphatic heterocycles. The highest BCUT2D eigenvalue weighted by molar-refractivity contribution is 5.72. The minimum atomic E-state index is 0.329. The van der Waals surface area contributed by atoms with Gasteiger partial charge in [0.15, 0.2) is 0 Å². The Morgan fingerprint density at radius 2 is 0.438 bits per heavy atom. The van der Waals surface area contributed by atoms with Gasteiger partial charge in [-0.05, 0) is 90.4 Å². The van der Waals surface area contributed by atoms with Gasteiger partial charge in [-0.2, -0.15) is 0 Å². The highest BCUT2D eigenvalue weighted by Gasteiger charge is 2.66. The van der Waals surface area contributed by atoms with Gasteiger partial charge in [-0.25, -0.2) is 0 Å². The lowest BCUT2D eigenvalue weighted by atomic mass is 9.36. The third-order valence-corrected chi connectivity index (χ3v) is 14.3. The predicted molar refractivity (Wildman–Crippen MR) is 191 cm³/mol. The molecular formula is C48H34. The number of hydrogen-bond donors (Lipinski definition) is 0. The molecule has 10 aliphatic rings. The minimum Gasteiger partial charge on any atom is -0.0620 e. The van der Waals surface area contributed by atoms with Crippen molar-refractivity contribution in [2.45, 2.75) is 35.5 Å². The van der Waals surface area contributed by atoms with Crippen LogP contribution in [0.2, 0.25) is 0 Å². The van der Waals surface area contributed by atoms with Gasteiger partial charge in [0.25, 0.3) is 0 Å². The van der Waals surface area contributed by atoms with Crippen LogP contribution < -0.4 is 0 Å². The van der Waals surface area contributed by atoms with Gasteiger partial charge in [-0.3, -0.25) is 0 Å². The molecule has 0 heterocycles. The van der Waals surface area contributed by atoms with E-state index in [1.54, 1.807) is 66.8 Å². The number of hydrogen-bond acceptors (Lipinski definition) is 0. The monoisotopic (exact) mass is 610 g/mol. The summed E-state index contributed by atoms with van der Waals surface area (Å²) in [7, 11) is 0. The predicted octanol–water partition coefficient (Wildman–Crippen LogP) is 10.6. The van der Waals surface area contributed by atoms with Crippen LogP contribution in [-0.2, 0) is 0 Å². The second kappa shape index (κ2) is 8.55. The highest BCUT2D eigenvalue weighted by atomic mass is 14.7. The summed E-state index contributed by atoms with van der Waals surface area (Å²) in [5.74, 6) is 4.36. The van der Waals surface area contributed by atoms with E-state index in [2.05, 4.69) is 146 Å². The summed E-state index contributed by atoms with van der Waals surface area (Å²) in [4.78, 5) is 0. The molecule has 0 heteroatoms. The Hall–Kier alpha value is -4.94. The zero-order valence-electron chi connectivity index (χ0n) is 26.6. The highest BCUT2D eigenvalue weighted by Crippen LogP contribution is 2.77. The second-order valence-electron chi connectivity index (χ2n) is 15.7. The molecule has 226 valence electrons. The van der Waals surface area contributed by atoms with E-state index in [-0.39, 0.29) is 0 Å². The van der Waals surface area contributed by atoms with Crippen molar-refractivity contribution in [3.8, 4) is 0 Å². The van der Waals surface area contributed by atoms with Gasteiger partial charge in [0.2, 0.25) is 0 Å². The molecule has 48 heavy (non-hydrogen) atoms. The summed E-state index contributed by atoms with van der Waals surface area (Å²) < 4.78 is 0. The average molecular weight is 611 g/mol. The Morgan fingerprint density at radius 3 is 0.688 bits per heavy atom. The number of benzene rings is 6. The average Bonchev–Trinajstić information content (AvgIpc) is 3.17.